The Kier molecular flexibility index (Phi) is 4.30. The van der Waals surface area contributed by atoms with E-state index in [1.807, 2.05) is 30.3 Å². The molecule has 3 heterocycles. The van der Waals surface area contributed by atoms with Crippen LogP contribution in [0.1, 0.15) is 5.01 Å². The van der Waals surface area contributed by atoms with Gasteiger partial charge in [0.1, 0.15) is 12.4 Å². The summed E-state index contributed by atoms with van der Waals surface area (Å²) < 4.78 is 9.37. The molecule has 0 aliphatic rings. The largest absolute Gasteiger partial charge is 0.486 e. The Labute approximate surface area is 157 Å². The number of hydrogen-bond acceptors (Lipinski definition) is 6. The van der Waals surface area contributed by atoms with Gasteiger partial charge in [-0.3, -0.25) is 4.98 Å². The van der Waals surface area contributed by atoms with Gasteiger partial charge < -0.3 is 4.74 Å². The number of hydrogen-bond donors (Lipinski definition) is 0. The van der Waals surface area contributed by atoms with E-state index < -0.39 is 0 Å². The molecule has 0 radical (unpaired) electrons. The zero-order valence-electron chi connectivity index (χ0n) is 12.1. The van der Waals surface area contributed by atoms with Gasteiger partial charge in [-0.05, 0) is 46.3 Å². The quantitative estimate of drug-likeness (QED) is 0.447. The molecule has 0 saturated heterocycles. The van der Waals surface area contributed by atoms with Crippen molar-refractivity contribution in [3.63, 3.8) is 0 Å². The lowest BCUT2D eigenvalue weighted by atomic mass is 10.3. The lowest BCUT2D eigenvalue weighted by Crippen LogP contribution is -1.97. The van der Waals surface area contributed by atoms with Gasteiger partial charge in [-0.25, -0.2) is 0 Å². The molecule has 4 aromatic rings. The fourth-order valence-corrected chi connectivity index (χ4v) is 3.48. The molecule has 4 rings (SSSR count). The minimum Gasteiger partial charge on any atom is -0.486 e. The van der Waals surface area contributed by atoms with E-state index in [0.29, 0.717) is 12.4 Å². The molecule has 6 nitrogen and oxygen atoms in total. The summed E-state index contributed by atoms with van der Waals surface area (Å²) in [4.78, 5) is 4.88. The van der Waals surface area contributed by atoms with Crippen LogP contribution in [0.15, 0.2) is 51.7 Å². The number of pyridine rings is 1. The second-order valence-electron chi connectivity index (χ2n) is 4.85. The van der Waals surface area contributed by atoms with Crippen LogP contribution in [-0.4, -0.2) is 24.8 Å². The molecule has 0 bridgehead atoms. The molecule has 1 aromatic carbocycles. The normalized spacial score (nSPS) is 11.1. The van der Waals surface area contributed by atoms with Crippen molar-refractivity contribution in [2.75, 3.05) is 0 Å². The molecule has 0 N–H and O–H groups in total. The minimum absolute atomic E-state index is 0.381. The lowest BCUT2D eigenvalue weighted by Gasteiger charge is -2.03. The van der Waals surface area contributed by atoms with E-state index in [4.69, 9.17) is 4.74 Å². The van der Waals surface area contributed by atoms with Crippen LogP contribution < -0.4 is 4.74 Å². The van der Waals surface area contributed by atoms with Crippen LogP contribution in [0.4, 0.5) is 0 Å². The minimum atomic E-state index is 0.381. The number of aromatic nitrogens is 5. The number of halogens is 2. The van der Waals surface area contributed by atoms with Crippen LogP contribution in [0.5, 0.6) is 5.75 Å². The van der Waals surface area contributed by atoms with Crippen molar-refractivity contribution in [3.05, 3.63) is 56.7 Å². The van der Waals surface area contributed by atoms with Gasteiger partial charge in [0.05, 0.1) is 0 Å². The average Bonchev–Trinajstić information content (AvgIpc) is 3.14. The molecule has 0 atom stereocenters. The molecule has 24 heavy (non-hydrogen) atoms. The Bertz CT molecular complexity index is 999. The molecule has 0 spiro atoms. The average molecular weight is 467 g/mol. The summed E-state index contributed by atoms with van der Waals surface area (Å²) in [5, 5.41) is 13.7. The van der Waals surface area contributed by atoms with Crippen LogP contribution in [0, 0.1) is 0 Å². The van der Waals surface area contributed by atoms with Crippen molar-refractivity contribution in [2.45, 2.75) is 6.61 Å². The van der Waals surface area contributed by atoms with Gasteiger partial charge in [-0.1, -0.05) is 27.3 Å². The number of rotatable bonds is 4. The van der Waals surface area contributed by atoms with Crippen LogP contribution >= 0.6 is 43.2 Å². The van der Waals surface area contributed by atoms with E-state index in [1.165, 1.54) is 11.3 Å². The summed E-state index contributed by atoms with van der Waals surface area (Å²) in [5.74, 6) is 1.45. The predicted molar refractivity (Wildman–Crippen MR) is 98.1 cm³/mol. The van der Waals surface area contributed by atoms with Crippen molar-refractivity contribution in [1.29, 1.82) is 0 Å². The maximum atomic E-state index is 5.76. The van der Waals surface area contributed by atoms with Crippen LogP contribution in [-0.2, 0) is 6.61 Å². The second kappa shape index (κ2) is 6.58. The third kappa shape index (κ3) is 3.19. The Morgan fingerprint density at radius 3 is 2.67 bits per heavy atom. The topological polar surface area (TPSA) is 65.2 Å². The van der Waals surface area contributed by atoms with Gasteiger partial charge in [0, 0.05) is 26.9 Å². The maximum Gasteiger partial charge on any atom is 0.235 e. The first-order valence-electron chi connectivity index (χ1n) is 6.89. The fraction of sp³-hybridized carbons (Fsp3) is 0.0667. The summed E-state index contributed by atoms with van der Waals surface area (Å²) in [6, 6.07) is 9.62. The maximum absolute atomic E-state index is 5.76. The van der Waals surface area contributed by atoms with E-state index in [1.54, 1.807) is 16.9 Å². The second-order valence-corrected chi connectivity index (χ2v) is 7.72. The van der Waals surface area contributed by atoms with E-state index in [2.05, 4.69) is 52.1 Å². The predicted octanol–water partition coefficient (Wildman–Crippen LogP) is 4.35. The van der Waals surface area contributed by atoms with Gasteiger partial charge in [-0.15, -0.1) is 10.2 Å². The van der Waals surface area contributed by atoms with Gasteiger partial charge in [0.15, 0.2) is 10.8 Å². The van der Waals surface area contributed by atoms with Gasteiger partial charge in [0.2, 0.25) is 4.96 Å². The zero-order valence-corrected chi connectivity index (χ0v) is 16.0. The molecule has 3 aromatic heterocycles. The van der Waals surface area contributed by atoms with Crippen molar-refractivity contribution < 1.29 is 4.74 Å². The smallest absolute Gasteiger partial charge is 0.235 e. The summed E-state index contributed by atoms with van der Waals surface area (Å²) in [5.41, 5.74) is 0.850. The highest BCUT2D eigenvalue weighted by Gasteiger charge is 2.14. The van der Waals surface area contributed by atoms with Crippen molar-refractivity contribution >= 4 is 48.2 Å². The third-order valence-corrected chi connectivity index (χ3v) is 5.01. The Balaban J connectivity index is 1.59. The first-order chi connectivity index (χ1) is 11.7. The van der Waals surface area contributed by atoms with Crippen LogP contribution in [0.25, 0.3) is 16.3 Å². The number of ether oxygens (including phenoxy) is 1. The van der Waals surface area contributed by atoms with E-state index in [9.17, 15) is 0 Å². The molecule has 0 saturated carbocycles. The van der Waals surface area contributed by atoms with E-state index in [0.717, 1.165) is 30.2 Å². The number of nitrogens with zero attached hydrogens (tertiary/aromatic N) is 5. The number of benzene rings is 1. The molecule has 9 heteroatoms. The van der Waals surface area contributed by atoms with Crippen molar-refractivity contribution in [3.8, 4) is 17.1 Å². The molecule has 0 unspecified atom stereocenters. The van der Waals surface area contributed by atoms with Crippen LogP contribution in [0.2, 0.25) is 0 Å². The van der Waals surface area contributed by atoms with Gasteiger partial charge in [0.25, 0.3) is 0 Å². The first-order valence-corrected chi connectivity index (χ1v) is 9.30. The highest BCUT2D eigenvalue weighted by atomic mass is 79.9. The first kappa shape index (κ1) is 15.7. The Morgan fingerprint density at radius 2 is 1.88 bits per heavy atom. The van der Waals surface area contributed by atoms with E-state index >= 15 is 0 Å². The zero-order chi connectivity index (χ0) is 16.5. The monoisotopic (exact) mass is 465 g/mol. The third-order valence-electron chi connectivity index (χ3n) is 3.17. The number of fused-ring (bicyclic) bond motifs is 1. The van der Waals surface area contributed by atoms with Gasteiger partial charge >= 0.3 is 0 Å². The Hall–Kier alpha value is -1.84. The van der Waals surface area contributed by atoms with Crippen LogP contribution in [0.3, 0.4) is 0 Å². The molecular weight excluding hydrogens is 458 g/mol. The molecular formula is C15H9Br2N5OS. The van der Waals surface area contributed by atoms with E-state index in [-0.39, 0.29) is 0 Å². The molecule has 0 amide bonds. The molecule has 0 aliphatic carbocycles. The summed E-state index contributed by atoms with van der Waals surface area (Å²) in [6.07, 6.45) is 3.46. The SMILES string of the molecule is Brc1ccc(OCc2nn3c(-c4cncc(Br)c4)nnc3s2)cc1. The van der Waals surface area contributed by atoms with Crippen molar-refractivity contribution in [1.82, 2.24) is 24.8 Å². The fourth-order valence-electron chi connectivity index (χ4n) is 2.10. The van der Waals surface area contributed by atoms with Crippen molar-refractivity contribution in [2.24, 2.45) is 0 Å². The highest BCUT2D eigenvalue weighted by molar-refractivity contribution is 9.10. The molecule has 0 aliphatic heterocycles. The lowest BCUT2D eigenvalue weighted by molar-refractivity contribution is 0.304. The summed E-state index contributed by atoms with van der Waals surface area (Å²) in [6.45, 7) is 0.381. The molecule has 120 valence electrons. The highest BCUT2D eigenvalue weighted by Crippen LogP contribution is 2.24. The standard InChI is InChI=1S/C15H9Br2N5OS/c16-10-1-3-12(4-2-10)23-8-13-21-22-14(19-20-15(22)24-13)9-5-11(17)7-18-6-9/h1-7H,8H2. The summed E-state index contributed by atoms with van der Waals surface area (Å²) >= 11 is 8.26. The molecule has 0 fully saturated rings. The van der Waals surface area contributed by atoms with Gasteiger partial charge in [-0.2, -0.15) is 9.61 Å². The Morgan fingerprint density at radius 1 is 1.04 bits per heavy atom. The summed E-state index contributed by atoms with van der Waals surface area (Å²) in [7, 11) is 0.